The molecule has 0 atom stereocenters. The lowest BCUT2D eigenvalue weighted by Crippen LogP contribution is -2.34. The van der Waals surface area contributed by atoms with Gasteiger partial charge >= 0.3 is 0 Å². The molecule has 120 valence electrons. The molecule has 2 aromatic rings. The van der Waals surface area contributed by atoms with E-state index in [2.05, 4.69) is 21.2 Å². The van der Waals surface area contributed by atoms with Crippen LogP contribution in [0.4, 0.5) is 0 Å². The number of nitrogens with one attached hydrogen (secondary N) is 1. The molecule has 1 saturated carbocycles. The molecule has 0 saturated heterocycles. The fourth-order valence-corrected chi connectivity index (χ4v) is 3.42. The molecule has 0 radical (unpaired) electrons. The third-order valence-corrected chi connectivity index (χ3v) is 5.70. The number of hydrogen-bond donors (Lipinski definition) is 1. The van der Waals surface area contributed by atoms with Gasteiger partial charge in [-0.1, -0.05) is 28.1 Å². The van der Waals surface area contributed by atoms with Gasteiger partial charge in [0.15, 0.2) is 9.84 Å². The van der Waals surface area contributed by atoms with Crippen molar-refractivity contribution in [2.75, 3.05) is 6.26 Å². The van der Waals surface area contributed by atoms with Crippen LogP contribution in [-0.2, 0) is 15.4 Å². The SMILES string of the molecule is CS(=O)(=O)c1ccc(C(=O)NC2(c3ccc(Br)cc3)CC2)cc1. The number of benzene rings is 2. The highest BCUT2D eigenvalue weighted by Crippen LogP contribution is 2.45. The topological polar surface area (TPSA) is 63.2 Å². The number of carbonyl (C=O) groups excluding carboxylic acids is 1. The summed E-state index contributed by atoms with van der Waals surface area (Å²) in [6.45, 7) is 0. The van der Waals surface area contributed by atoms with Crippen LogP contribution in [-0.4, -0.2) is 20.6 Å². The van der Waals surface area contributed by atoms with E-state index in [-0.39, 0.29) is 16.3 Å². The molecule has 1 fully saturated rings. The first-order valence-electron chi connectivity index (χ1n) is 7.19. The normalized spacial score (nSPS) is 15.9. The van der Waals surface area contributed by atoms with Crippen molar-refractivity contribution in [3.8, 4) is 0 Å². The predicted molar refractivity (Wildman–Crippen MR) is 92.1 cm³/mol. The minimum atomic E-state index is -3.25. The van der Waals surface area contributed by atoms with Gasteiger partial charge in [-0.15, -0.1) is 0 Å². The molecule has 2 aromatic carbocycles. The summed E-state index contributed by atoms with van der Waals surface area (Å²) in [7, 11) is -3.25. The fraction of sp³-hybridized carbons (Fsp3) is 0.235. The Kier molecular flexibility index (Phi) is 4.06. The molecule has 0 aromatic heterocycles. The molecule has 4 nitrogen and oxygen atoms in total. The van der Waals surface area contributed by atoms with Crippen LogP contribution in [0.25, 0.3) is 0 Å². The Balaban J connectivity index is 1.78. The van der Waals surface area contributed by atoms with Crippen LogP contribution in [0.5, 0.6) is 0 Å². The Hall–Kier alpha value is -1.66. The zero-order valence-electron chi connectivity index (χ0n) is 12.5. The van der Waals surface area contributed by atoms with Gasteiger partial charge in [0, 0.05) is 16.3 Å². The number of carbonyl (C=O) groups is 1. The first-order valence-corrected chi connectivity index (χ1v) is 9.87. The number of halogens is 1. The van der Waals surface area contributed by atoms with E-state index in [1.54, 1.807) is 12.1 Å². The highest BCUT2D eigenvalue weighted by Gasteiger charge is 2.45. The average Bonchev–Trinajstić information content (AvgIpc) is 3.28. The first-order chi connectivity index (χ1) is 10.8. The summed E-state index contributed by atoms with van der Waals surface area (Å²) in [6, 6.07) is 13.9. The maximum atomic E-state index is 12.4. The van der Waals surface area contributed by atoms with Gasteiger partial charge in [-0.25, -0.2) is 8.42 Å². The van der Waals surface area contributed by atoms with E-state index in [1.165, 1.54) is 12.1 Å². The highest BCUT2D eigenvalue weighted by molar-refractivity contribution is 9.10. The molecule has 3 rings (SSSR count). The van der Waals surface area contributed by atoms with Gasteiger partial charge < -0.3 is 5.32 Å². The van der Waals surface area contributed by atoms with E-state index in [4.69, 9.17) is 0 Å². The van der Waals surface area contributed by atoms with Gasteiger partial charge in [-0.3, -0.25) is 4.79 Å². The zero-order valence-corrected chi connectivity index (χ0v) is 14.9. The second-order valence-corrected chi connectivity index (χ2v) is 8.77. The zero-order chi connectivity index (χ0) is 16.7. The van der Waals surface area contributed by atoms with Crippen LogP contribution >= 0.6 is 15.9 Å². The number of amides is 1. The Bertz CT molecular complexity index is 838. The lowest BCUT2D eigenvalue weighted by Gasteiger charge is -2.18. The molecule has 0 unspecified atom stereocenters. The smallest absolute Gasteiger partial charge is 0.251 e. The van der Waals surface area contributed by atoms with Gasteiger partial charge in [0.25, 0.3) is 5.91 Å². The van der Waals surface area contributed by atoms with Crippen LogP contribution < -0.4 is 5.32 Å². The van der Waals surface area contributed by atoms with Crippen molar-refractivity contribution in [2.24, 2.45) is 0 Å². The van der Waals surface area contributed by atoms with Crippen LogP contribution in [0.1, 0.15) is 28.8 Å². The molecule has 1 N–H and O–H groups in total. The van der Waals surface area contributed by atoms with E-state index in [1.807, 2.05) is 24.3 Å². The summed E-state index contributed by atoms with van der Waals surface area (Å²) in [6.07, 6.45) is 2.96. The second kappa shape index (κ2) is 5.76. The summed E-state index contributed by atoms with van der Waals surface area (Å²) in [4.78, 5) is 12.6. The van der Waals surface area contributed by atoms with E-state index < -0.39 is 9.84 Å². The molecule has 0 bridgehead atoms. The van der Waals surface area contributed by atoms with Crippen molar-refractivity contribution >= 4 is 31.7 Å². The van der Waals surface area contributed by atoms with Crippen LogP contribution in [0, 0.1) is 0 Å². The van der Waals surface area contributed by atoms with Crippen molar-refractivity contribution in [1.82, 2.24) is 5.32 Å². The first kappa shape index (κ1) is 16.2. The Morgan fingerprint density at radius 1 is 1.04 bits per heavy atom. The van der Waals surface area contributed by atoms with Crippen molar-refractivity contribution in [3.63, 3.8) is 0 Å². The maximum Gasteiger partial charge on any atom is 0.251 e. The Morgan fingerprint density at radius 3 is 2.09 bits per heavy atom. The molecule has 0 heterocycles. The van der Waals surface area contributed by atoms with E-state index in [9.17, 15) is 13.2 Å². The fourth-order valence-electron chi connectivity index (χ4n) is 2.52. The largest absolute Gasteiger partial charge is 0.343 e. The van der Waals surface area contributed by atoms with Gasteiger partial charge in [0.1, 0.15) is 0 Å². The van der Waals surface area contributed by atoms with Crippen LogP contribution in [0.15, 0.2) is 57.9 Å². The average molecular weight is 394 g/mol. The standard InChI is InChI=1S/C17H16BrNO3S/c1-23(21,22)15-8-2-12(3-9-15)16(20)19-17(10-11-17)13-4-6-14(18)7-5-13/h2-9H,10-11H2,1H3,(H,19,20). The minimum Gasteiger partial charge on any atom is -0.343 e. The minimum absolute atomic E-state index is 0.189. The second-order valence-electron chi connectivity index (χ2n) is 5.84. The van der Waals surface area contributed by atoms with Crippen LogP contribution in [0.3, 0.4) is 0 Å². The Morgan fingerprint density at radius 2 is 1.61 bits per heavy atom. The lowest BCUT2D eigenvalue weighted by atomic mass is 10.0. The molecule has 1 aliphatic rings. The van der Waals surface area contributed by atoms with Crippen LogP contribution in [0.2, 0.25) is 0 Å². The van der Waals surface area contributed by atoms with Gasteiger partial charge in [-0.2, -0.15) is 0 Å². The summed E-state index contributed by atoms with van der Waals surface area (Å²) < 4.78 is 23.9. The molecule has 0 spiro atoms. The van der Waals surface area contributed by atoms with Gasteiger partial charge in [0.2, 0.25) is 0 Å². The number of hydrogen-bond acceptors (Lipinski definition) is 3. The van der Waals surface area contributed by atoms with Crippen molar-refractivity contribution in [2.45, 2.75) is 23.3 Å². The lowest BCUT2D eigenvalue weighted by molar-refractivity contribution is 0.0930. The van der Waals surface area contributed by atoms with Crippen molar-refractivity contribution < 1.29 is 13.2 Å². The molecule has 6 heteroatoms. The molecule has 0 aliphatic heterocycles. The summed E-state index contributed by atoms with van der Waals surface area (Å²) in [5.41, 5.74) is 1.25. The number of sulfone groups is 1. The van der Waals surface area contributed by atoms with E-state index in [0.29, 0.717) is 5.56 Å². The van der Waals surface area contributed by atoms with Gasteiger partial charge in [0.05, 0.1) is 10.4 Å². The number of rotatable bonds is 4. The molecular weight excluding hydrogens is 378 g/mol. The monoisotopic (exact) mass is 393 g/mol. The summed E-state index contributed by atoms with van der Waals surface area (Å²) in [5.74, 6) is -0.189. The van der Waals surface area contributed by atoms with E-state index >= 15 is 0 Å². The van der Waals surface area contributed by atoms with Crippen molar-refractivity contribution in [1.29, 1.82) is 0 Å². The summed E-state index contributed by atoms with van der Waals surface area (Å²) in [5, 5.41) is 3.07. The van der Waals surface area contributed by atoms with Crippen molar-refractivity contribution in [3.05, 3.63) is 64.1 Å². The third kappa shape index (κ3) is 3.48. The molecular formula is C17H16BrNO3S. The van der Waals surface area contributed by atoms with Gasteiger partial charge in [-0.05, 0) is 54.8 Å². The maximum absolute atomic E-state index is 12.4. The molecule has 1 amide bonds. The third-order valence-electron chi connectivity index (χ3n) is 4.04. The molecule has 1 aliphatic carbocycles. The Labute approximate surface area is 144 Å². The summed E-state index contributed by atoms with van der Waals surface area (Å²) >= 11 is 3.41. The molecule has 23 heavy (non-hydrogen) atoms. The quantitative estimate of drug-likeness (QED) is 0.866. The van der Waals surface area contributed by atoms with E-state index in [0.717, 1.165) is 29.1 Å². The highest BCUT2D eigenvalue weighted by atomic mass is 79.9. The predicted octanol–water partition coefficient (Wildman–Crippen LogP) is 3.27.